The van der Waals surface area contributed by atoms with E-state index < -0.39 is 0 Å². The van der Waals surface area contributed by atoms with Crippen LogP contribution >= 0.6 is 11.8 Å². The molecule has 0 spiro atoms. The zero-order valence-electron chi connectivity index (χ0n) is 19.5. The van der Waals surface area contributed by atoms with E-state index in [1.807, 2.05) is 25.1 Å². The van der Waals surface area contributed by atoms with Crippen molar-refractivity contribution in [2.45, 2.75) is 17.8 Å². The van der Waals surface area contributed by atoms with Crippen LogP contribution in [0.15, 0.2) is 47.6 Å². The van der Waals surface area contributed by atoms with Gasteiger partial charge in [-0.1, -0.05) is 23.9 Å². The average molecular weight is 481 g/mol. The van der Waals surface area contributed by atoms with Gasteiger partial charge in [-0.05, 0) is 30.7 Å². The predicted octanol–water partition coefficient (Wildman–Crippen LogP) is 4.20. The van der Waals surface area contributed by atoms with Gasteiger partial charge in [0.05, 0.1) is 45.3 Å². The van der Waals surface area contributed by atoms with Crippen molar-refractivity contribution < 1.29 is 23.7 Å². The normalized spacial score (nSPS) is 10.9. The van der Waals surface area contributed by atoms with Crippen LogP contribution in [-0.2, 0) is 10.5 Å². The Morgan fingerprint density at radius 1 is 0.971 bits per heavy atom. The molecule has 0 amide bonds. The molecule has 2 heterocycles. The third-order valence-electron chi connectivity index (χ3n) is 5.11. The summed E-state index contributed by atoms with van der Waals surface area (Å²) in [6.07, 6.45) is 0. The second-order valence-electron chi connectivity index (χ2n) is 7.28. The molecule has 0 saturated heterocycles. The number of benzene rings is 2. The third kappa shape index (κ3) is 4.62. The van der Waals surface area contributed by atoms with Gasteiger partial charge in [-0.15, -0.1) is 5.10 Å². The number of rotatable bonds is 8. The molecule has 4 rings (SSSR count). The van der Waals surface area contributed by atoms with E-state index in [-0.39, 0.29) is 5.97 Å². The molecule has 0 radical (unpaired) electrons. The molecule has 4 aromatic rings. The third-order valence-corrected chi connectivity index (χ3v) is 6.02. The number of carbonyl (C=O) groups excluding carboxylic acids is 1. The Morgan fingerprint density at radius 2 is 1.71 bits per heavy atom. The maximum Gasteiger partial charge on any atom is 0.337 e. The quantitative estimate of drug-likeness (QED) is 0.271. The summed E-state index contributed by atoms with van der Waals surface area (Å²) in [6.45, 7) is 1.89. The Balaban J connectivity index is 1.73. The zero-order chi connectivity index (χ0) is 24.2. The molecule has 0 N–H and O–H groups in total. The van der Waals surface area contributed by atoms with Crippen LogP contribution in [0.4, 0.5) is 0 Å². The van der Waals surface area contributed by atoms with Crippen LogP contribution in [0.1, 0.15) is 21.6 Å². The molecule has 0 saturated carbocycles. The Bertz CT molecular complexity index is 1330. The van der Waals surface area contributed by atoms with E-state index in [1.165, 1.54) is 18.9 Å². The van der Waals surface area contributed by atoms with Crippen LogP contribution in [-0.4, -0.2) is 54.0 Å². The predicted molar refractivity (Wildman–Crippen MR) is 128 cm³/mol. The molecule has 0 atom stereocenters. The first kappa shape index (κ1) is 23.4. The Morgan fingerprint density at radius 3 is 2.35 bits per heavy atom. The topological polar surface area (TPSA) is 97.1 Å². The second-order valence-corrected chi connectivity index (χ2v) is 8.22. The first-order chi connectivity index (χ1) is 16.5. The highest BCUT2D eigenvalue weighted by Crippen LogP contribution is 2.42. The molecule has 34 heavy (non-hydrogen) atoms. The van der Waals surface area contributed by atoms with Gasteiger partial charge in [0.1, 0.15) is 17.2 Å². The molecule has 0 bridgehead atoms. The Labute approximate surface area is 201 Å². The number of esters is 1. The van der Waals surface area contributed by atoms with Crippen LogP contribution in [0.25, 0.3) is 17.0 Å². The molecular weight excluding hydrogens is 456 g/mol. The molecule has 0 unspecified atom stereocenters. The fraction of sp³-hybridized carbons (Fsp3) is 0.250. The largest absolute Gasteiger partial charge is 0.496 e. The molecular formula is C24H24N4O5S. The lowest BCUT2D eigenvalue weighted by atomic mass is 10.1. The number of carbonyl (C=O) groups is 1. The zero-order valence-corrected chi connectivity index (χ0v) is 20.3. The smallest absolute Gasteiger partial charge is 0.337 e. The minimum atomic E-state index is -0.371. The van der Waals surface area contributed by atoms with Gasteiger partial charge >= 0.3 is 5.97 Å². The molecule has 9 nitrogen and oxygen atoms in total. The van der Waals surface area contributed by atoms with Crippen LogP contribution in [0.2, 0.25) is 0 Å². The van der Waals surface area contributed by atoms with Crippen molar-refractivity contribution in [2.24, 2.45) is 0 Å². The standard InChI is InChI=1S/C24H24N4O5S/c1-14-9-18(21-19(31-3)11-17(30-2)12-20(21)32-4)28-23(25-14)26-24(27-28)34-13-15-7-6-8-16(10-15)22(29)33-5/h6-12H,13H2,1-5H3. The average Bonchev–Trinajstić information content (AvgIpc) is 3.28. The Hall–Kier alpha value is -3.79. The molecule has 0 aliphatic rings. The van der Waals surface area contributed by atoms with Crippen molar-refractivity contribution in [3.05, 3.63) is 59.3 Å². The van der Waals surface area contributed by atoms with Gasteiger partial charge in [-0.25, -0.2) is 9.78 Å². The SMILES string of the molecule is COC(=O)c1cccc(CSc2nc3nc(C)cc(-c4c(OC)cc(OC)cc4OC)n3n2)c1. The van der Waals surface area contributed by atoms with Crippen molar-refractivity contribution in [3.8, 4) is 28.5 Å². The maximum absolute atomic E-state index is 11.8. The van der Waals surface area contributed by atoms with E-state index in [9.17, 15) is 4.79 Å². The van der Waals surface area contributed by atoms with Gasteiger partial charge in [0.2, 0.25) is 5.16 Å². The van der Waals surface area contributed by atoms with Crippen LogP contribution in [0.3, 0.4) is 0 Å². The number of thioether (sulfide) groups is 1. The highest BCUT2D eigenvalue weighted by atomic mass is 32.2. The number of fused-ring (bicyclic) bond motifs is 1. The summed E-state index contributed by atoms with van der Waals surface area (Å²) in [5.74, 6) is 2.43. The summed E-state index contributed by atoms with van der Waals surface area (Å²) in [6, 6.07) is 12.8. The summed E-state index contributed by atoms with van der Waals surface area (Å²) in [4.78, 5) is 21.0. The summed E-state index contributed by atoms with van der Waals surface area (Å²) in [5.41, 5.74) is 3.67. The summed E-state index contributed by atoms with van der Waals surface area (Å²) >= 11 is 1.45. The highest BCUT2D eigenvalue weighted by molar-refractivity contribution is 7.98. The van der Waals surface area contributed by atoms with Gasteiger partial charge in [-0.3, -0.25) is 0 Å². The van der Waals surface area contributed by atoms with Crippen molar-refractivity contribution in [3.63, 3.8) is 0 Å². The van der Waals surface area contributed by atoms with E-state index in [4.69, 9.17) is 18.9 Å². The molecule has 0 aliphatic carbocycles. The molecule has 2 aromatic heterocycles. The fourth-order valence-corrected chi connectivity index (χ4v) is 4.28. The van der Waals surface area contributed by atoms with Crippen LogP contribution in [0, 0.1) is 6.92 Å². The monoisotopic (exact) mass is 480 g/mol. The number of hydrogen-bond acceptors (Lipinski definition) is 9. The number of aromatic nitrogens is 4. The number of ether oxygens (including phenoxy) is 4. The summed E-state index contributed by atoms with van der Waals surface area (Å²) in [5, 5.41) is 5.23. The second kappa shape index (κ2) is 10.0. The number of aryl methyl sites for hydroxylation is 1. The Kier molecular flexibility index (Phi) is 6.87. The summed E-state index contributed by atoms with van der Waals surface area (Å²) in [7, 11) is 6.14. The van der Waals surface area contributed by atoms with Gasteiger partial charge in [0.25, 0.3) is 5.78 Å². The van der Waals surface area contributed by atoms with E-state index in [1.54, 1.807) is 50.1 Å². The van der Waals surface area contributed by atoms with Crippen LogP contribution < -0.4 is 14.2 Å². The van der Waals surface area contributed by atoms with E-state index in [0.29, 0.717) is 45.1 Å². The lowest BCUT2D eigenvalue weighted by Crippen LogP contribution is -2.02. The number of hydrogen-bond donors (Lipinski definition) is 0. The van der Waals surface area contributed by atoms with Gasteiger partial charge < -0.3 is 18.9 Å². The van der Waals surface area contributed by atoms with Gasteiger partial charge in [-0.2, -0.15) is 9.50 Å². The highest BCUT2D eigenvalue weighted by Gasteiger charge is 2.21. The number of methoxy groups -OCH3 is 4. The number of nitrogens with zero attached hydrogens (tertiary/aromatic N) is 4. The first-order valence-corrected chi connectivity index (χ1v) is 11.3. The van der Waals surface area contributed by atoms with E-state index >= 15 is 0 Å². The van der Waals surface area contributed by atoms with Crippen molar-refractivity contribution in [1.29, 1.82) is 0 Å². The van der Waals surface area contributed by atoms with Crippen molar-refractivity contribution in [1.82, 2.24) is 19.6 Å². The van der Waals surface area contributed by atoms with Crippen molar-refractivity contribution >= 4 is 23.5 Å². The van der Waals surface area contributed by atoms with Crippen LogP contribution in [0.5, 0.6) is 17.2 Å². The molecule has 0 aliphatic heterocycles. The van der Waals surface area contributed by atoms with Gasteiger partial charge in [0.15, 0.2) is 0 Å². The van der Waals surface area contributed by atoms with Crippen molar-refractivity contribution in [2.75, 3.05) is 28.4 Å². The van der Waals surface area contributed by atoms with Gasteiger partial charge in [0, 0.05) is 23.6 Å². The molecule has 10 heteroatoms. The minimum Gasteiger partial charge on any atom is -0.496 e. The fourth-order valence-electron chi connectivity index (χ4n) is 3.52. The maximum atomic E-state index is 11.8. The first-order valence-electron chi connectivity index (χ1n) is 10.3. The molecule has 2 aromatic carbocycles. The summed E-state index contributed by atoms with van der Waals surface area (Å²) < 4.78 is 23.1. The molecule has 176 valence electrons. The molecule has 0 fully saturated rings. The van der Waals surface area contributed by atoms with E-state index in [0.717, 1.165) is 17.0 Å². The minimum absolute atomic E-state index is 0.371. The lowest BCUT2D eigenvalue weighted by molar-refractivity contribution is 0.0600. The lowest BCUT2D eigenvalue weighted by Gasteiger charge is -2.16. The van der Waals surface area contributed by atoms with E-state index in [2.05, 4.69) is 15.1 Å².